The van der Waals surface area contributed by atoms with E-state index in [-0.39, 0.29) is 42.9 Å². The third-order valence-corrected chi connectivity index (χ3v) is 8.40. The van der Waals surface area contributed by atoms with Crippen molar-refractivity contribution in [2.24, 2.45) is 0 Å². The predicted octanol–water partition coefficient (Wildman–Crippen LogP) is 5.26. The Bertz CT molecular complexity index is 1330. The van der Waals surface area contributed by atoms with Gasteiger partial charge in [0.1, 0.15) is 5.69 Å². The molecule has 1 aromatic heterocycles. The van der Waals surface area contributed by atoms with Crippen molar-refractivity contribution in [3.05, 3.63) is 75.9 Å². The Morgan fingerprint density at radius 3 is 2.53 bits per heavy atom. The van der Waals surface area contributed by atoms with Gasteiger partial charge in [0, 0.05) is 32.7 Å². The van der Waals surface area contributed by atoms with Gasteiger partial charge in [-0.3, -0.25) is 10.2 Å². The van der Waals surface area contributed by atoms with Gasteiger partial charge < -0.3 is 20.1 Å². The van der Waals surface area contributed by atoms with E-state index < -0.39 is 17.7 Å². The van der Waals surface area contributed by atoms with Crippen LogP contribution in [0.15, 0.2) is 53.0 Å². The molecule has 2 aliphatic heterocycles. The zero-order valence-corrected chi connectivity index (χ0v) is 27.0. The minimum Gasteiger partial charge on any atom is -0.383 e. The number of anilines is 1. The first kappa shape index (κ1) is 35.2. The number of benzene rings is 2. The molecule has 43 heavy (non-hydrogen) atoms. The Morgan fingerprint density at radius 2 is 1.84 bits per heavy atom. The standard InChI is InChI=1S/C29H35BrF2N6O3.2ClH/c1-40-14-13-37-16-22(19-7-8-23(31)24(32)15-19)25(17-37)34-29(39)35-28-27(30)26(18-41-21-9-11-33-12-10-21)36-38(28)20-5-3-2-4-6-20;;/h2-8,15,21-22,25,33H,9-14,16-18H2,1H3,(H2,34,35,39);2*1H/t22-,25+;;/m0../s1. The Hall–Kier alpha value is -2.32. The van der Waals surface area contributed by atoms with E-state index in [4.69, 9.17) is 14.6 Å². The number of methoxy groups -OCH3 is 1. The first-order valence-electron chi connectivity index (χ1n) is 13.8. The molecule has 2 fully saturated rings. The number of carbonyl (C=O) groups is 1. The number of aromatic nitrogens is 2. The molecule has 0 spiro atoms. The van der Waals surface area contributed by atoms with Crippen molar-refractivity contribution in [3.8, 4) is 5.69 Å². The van der Waals surface area contributed by atoms with Gasteiger partial charge in [0.2, 0.25) is 0 Å². The molecule has 0 aliphatic carbocycles. The molecular formula is C29H37BrCl2F2N6O3. The topological polar surface area (TPSA) is 92.7 Å². The summed E-state index contributed by atoms with van der Waals surface area (Å²) in [6.45, 7) is 4.44. The Balaban J connectivity index is 0.00000253. The van der Waals surface area contributed by atoms with Crippen molar-refractivity contribution in [1.29, 1.82) is 0 Å². The van der Waals surface area contributed by atoms with Crippen LogP contribution in [0.2, 0.25) is 0 Å². The Labute approximate surface area is 271 Å². The maximum atomic E-state index is 14.1. The summed E-state index contributed by atoms with van der Waals surface area (Å²) in [4.78, 5) is 15.6. The lowest BCUT2D eigenvalue weighted by Gasteiger charge is -2.22. The number of para-hydroxylation sites is 1. The van der Waals surface area contributed by atoms with Crippen LogP contribution >= 0.6 is 40.7 Å². The van der Waals surface area contributed by atoms with E-state index in [9.17, 15) is 13.6 Å². The summed E-state index contributed by atoms with van der Waals surface area (Å²) in [6, 6.07) is 12.7. The first-order chi connectivity index (χ1) is 19.9. The molecule has 236 valence electrons. The number of likely N-dealkylation sites (tertiary alicyclic amines) is 1. The number of hydrogen-bond acceptors (Lipinski definition) is 6. The summed E-state index contributed by atoms with van der Waals surface area (Å²) in [5.74, 6) is -1.57. The molecule has 0 radical (unpaired) electrons. The zero-order chi connectivity index (χ0) is 28.8. The van der Waals surface area contributed by atoms with E-state index in [0.717, 1.165) is 37.7 Å². The van der Waals surface area contributed by atoms with Crippen LogP contribution in [-0.2, 0) is 16.1 Å². The number of ether oxygens (including phenoxy) is 2. The number of nitrogens with one attached hydrogen (secondary N) is 3. The van der Waals surface area contributed by atoms with Crippen molar-refractivity contribution in [3.63, 3.8) is 0 Å². The molecule has 0 unspecified atom stereocenters. The van der Waals surface area contributed by atoms with E-state index in [1.165, 1.54) is 6.07 Å². The fourth-order valence-electron chi connectivity index (χ4n) is 5.39. The molecule has 2 aliphatic rings. The summed E-state index contributed by atoms with van der Waals surface area (Å²) in [5.41, 5.74) is 2.08. The van der Waals surface area contributed by atoms with Gasteiger partial charge in [-0.15, -0.1) is 24.8 Å². The lowest BCUT2D eigenvalue weighted by atomic mass is 9.94. The van der Waals surface area contributed by atoms with E-state index in [0.29, 0.717) is 54.4 Å². The minimum atomic E-state index is -0.907. The smallest absolute Gasteiger partial charge is 0.320 e. The van der Waals surface area contributed by atoms with Crippen molar-refractivity contribution >= 4 is 52.6 Å². The second-order valence-corrected chi connectivity index (χ2v) is 11.1. The number of halogens is 5. The number of rotatable bonds is 10. The van der Waals surface area contributed by atoms with Crippen molar-refractivity contribution < 1.29 is 23.0 Å². The molecule has 14 heteroatoms. The SMILES string of the molecule is COCCN1C[C@@H](NC(=O)Nc2c(Br)c(COC3CCNCC3)nn2-c2ccccc2)[C@H](c2ccc(F)c(F)c2)C1.Cl.Cl. The van der Waals surface area contributed by atoms with Crippen LogP contribution in [0, 0.1) is 11.6 Å². The summed E-state index contributed by atoms with van der Waals surface area (Å²) < 4.78 is 41.4. The fraction of sp³-hybridized carbons (Fsp3) is 0.448. The van der Waals surface area contributed by atoms with Gasteiger partial charge in [-0.2, -0.15) is 5.10 Å². The highest BCUT2D eigenvalue weighted by atomic mass is 79.9. The van der Waals surface area contributed by atoms with Gasteiger partial charge in [0.25, 0.3) is 0 Å². The highest BCUT2D eigenvalue weighted by Crippen LogP contribution is 2.32. The molecular weight excluding hydrogens is 669 g/mol. The van der Waals surface area contributed by atoms with Crippen LogP contribution in [0.3, 0.4) is 0 Å². The second kappa shape index (κ2) is 16.7. The number of hydrogen-bond donors (Lipinski definition) is 3. The predicted molar refractivity (Wildman–Crippen MR) is 170 cm³/mol. The quantitative estimate of drug-likeness (QED) is 0.267. The summed E-state index contributed by atoms with van der Waals surface area (Å²) >= 11 is 3.65. The third-order valence-electron chi connectivity index (χ3n) is 7.56. The van der Waals surface area contributed by atoms with Crippen molar-refractivity contribution in [2.45, 2.75) is 37.5 Å². The third kappa shape index (κ3) is 8.87. The Morgan fingerprint density at radius 1 is 1.09 bits per heavy atom. The highest BCUT2D eigenvalue weighted by Gasteiger charge is 2.35. The average Bonchev–Trinajstić information content (AvgIpc) is 3.53. The largest absolute Gasteiger partial charge is 0.383 e. The molecule has 2 saturated heterocycles. The second-order valence-electron chi connectivity index (χ2n) is 10.4. The number of nitrogens with zero attached hydrogens (tertiary/aromatic N) is 3. The fourth-order valence-corrected chi connectivity index (χ4v) is 5.85. The van der Waals surface area contributed by atoms with Crippen LogP contribution in [0.5, 0.6) is 0 Å². The number of carbonyl (C=O) groups excluding carboxylic acids is 1. The molecule has 0 bridgehead atoms. The minimum absolute atomic E-state index is 0. The highest BCUT2D eigenvalue weighted by molar-refractivity contribution is 9.10. The molecule has 2 amide bonds. The van der Waals surface area contributed by atoms with Gasteiger partial charge in [-0.05, 0) is 71.7 Å². The monoisotopic (exact) mass is 704 g/mol. The summed E-state index contributed by atoms with van der Waals surface area (Å²) in [5, 5.41) is 14.1. The van der Waals surface area contributed by atoms with Crippen LogP contribution < -0.4 is 16.0 Å². The summed E-state index contributed by atoms with van der Waals surface area (Å²) in [6.07, 6.45) is 2.03. The van der Waals surface area contributed by atoms with E-state index in [2.05, 4.69) is 36.8 Å². The maximum Gasteiger partial charge on any atom is 0.320 e. The van der Waals surface area contributed by atoms with Crippen molar-refractivity contribution in [1.82, 2.24) is 25.3 Å². The van der Waals surface area contributed by atoms with Gasteiger partial charge >= 0.3 is 6.03 Å². The molecule has 3 N–H and O–H groups in total. The van der Waals surface area contributed by atoms with E-state index in [1.54, 1.807) is 17.9 Å². The van der Waals surface area contributed by atoms with Crippen LogP contribution in [0.1, 0.15) is 30.0 Å². The van der Waals surface area contributed by atoms with Gasteiger partial charge in [-0.1, -0.05) is 24.3 Å². The molecule has 3 aromatic rings. The lowest BCUT2D eigenvalue weighted by Crippen LogP contribution is -2.42. The van der Waals surface area contributed by atoms with Gasteiger partial charge in [0.15, 0.2) is 17.5 Å². The van der Waals surface area contributed by atoms with Gasteiger partial charge in [0.05, 0.1) is 35.5 Å². The van der Waals surface area contributed by atoms with Crippen LogP contribution in [-0.4, -0.2) is 79.3 Å². The molecule has 0 saturated carbocycles. The number of piperidine rings is 1. The van der Waals surface area contributed by atoms with Crippen LogP contribution in [0.4, 0.5) is 19.4 Å². The lowest BCUT2D eigenvalue weighted by molar-refractivity contribution is 0.0192. The van der Waals surface area contributed by atoms with E-state index in [1.807, 2.05) is 30.3 Å². The molecule has 9 nitrogen and oxygen atoms in total. The number of urea groups is 1. The zero-order valence-electron chi connectivity index (χ0n) is 23.7. The first-order valence-corrected chi connectivity index (χ1v) is 14.6. The Kier molecular flexibility index (Phi) is 13.6. The molecule has 3 heterocycles. The van der Waals surface area contributed by atoms with Gasteiger partial charge in [-0.25, -0.2) is 18.3 Å². The normalized spacial score (nSPS) is 19.0. The molecule has 5 rings (SSSR count). The number of amides is 2. The maximum absolute atomic E-state index is 14.1. The van der Waals surface area contributed by atoms with E-state index >= 15 is 0 Å². The molecule has 2 aromatic carbocycles. The van der Waals surface area contributed by atoms with Crippen molar-refractivity contribution in [2.75, 3.05) is 51.8 Å². The molecule has 2 atom stereocenters. The average molecular weight is 706 g/mol. The van der Waals surface area contributed by atoms with Crippen LogP contribution in [0.25, 0.3) is 5.69 Å². The summed E-state index contributed by atoms with van der Waals surface area (Å²) in [7, 11) is 1.63.